The summed E-state index contributed by atoms with van der Waals surface area (Å²) < 4.78 is 11.4. The fourth-order valence-electron chi connectivity index (χ4n) is 2.48. The Balaban J connectivity index is 2.88. The monoisotopic (exact) mass is 409 g/mol. The Bertz CT molecular complexity index is 646. The van der Waals surface area contributed by atoms with E-state index in [4.69, 9.17) is 20.3 Å². The molecule has 3 N–H and O–H groups in total. The van der Waals surface area contributed by atoms with E-state index in [1.54, 1.807) is 12.1 Å². The Morgan fingerprint density at radius 2 is 1.71 bits per heavy atom. The molecule has 1 aromatic rings. The molecule has 1 rings (SSSR count). The summed E-state index contributed by atoms with van der Waals surface area (Å²) in [5.74, 6) is -1.88. The smallest absolute Gasteiger partial charge is 0.320 e. The Kier molecular flexibility index (Phi) is 8.85. The standard InChI is InChI=1S/C21H35NO5Si/c1-21(2,3)27-20(25)17(14-26-11-12-28(4,5)6)16-9-7-15(8-10-16)13-18(22)19(23)24/h7-10,17-18H,11-14,22H2,1-6H3,(H,23,24)/t17?,18-/m0/s1. The molecule has 1 aromatic carbocycles. The molecule has 0 aliphatic heterocycles. The first kappa shape index (κ1) is 24.3. The van der Waals surface area contributed by atoms with Gasteiger partial charge in [0.25, 0.3) is 0 Å². The van der Waals surface area contributed by atoms with Crippen molar-refractivity contribution >= 4 is 20.0 Å². The van der Waals surface area contributed by atoms with Crippen LogP contribution in [-0.4, -0.2) is 50.0 Å². The van der Waals surface area contributed by atoms with Crippen molar-refractivity contribution in [2.45, 2.75) is 70.4 Å². The van der Waals surface area contributed by atoms with Crippen LogP contribution in [0.3, 0.4) is 0 Å². The first-order valence-corrected chi connectivity index (χ1v) is 13.4. The number of ether oxygens (including phenoxy) is 2. The largest absolute Gasteiger partial charge is 0.480 e. The Labute approximate surface area is 169 Å². The van der Waals surface area contributed by atoms with Crippen LogP contribution >= 0.6 is 0 Å². The molecular formula is C21H35NO5Si. The van der Waals surface area contributed by atoms with Crippen LogP contribution in [0.4, 0.5) is 0 Å². The third kappa shape index (κ3) is 9.48. The van der Waals surface area contributed by atoms with E-state index in [0.717, 1.165) is 17.2 Å². The van der Waals surface area contributed by atoms with Gasteiger partial charge < -0.3 is 20.3 Å². The lowest BCUT2D eigenvalue weighted by Crippen LogP contribution is -2.32. The molecule has 7 heteroatoms. The van der Waals surface area contributed by atoms with Gasteiger partial charge in [-0.1, -0.05) is 43.9 Å². The average molecular weight is 410 g/mol. The third-order valence-corrected chi connectivity index (χ3v) is 5.83. The predicted molar refractivity (Wildman–Crippen MR) is 113 cm³/mol. The Morgan fingerprint density at radius 3 is 2.18 bits per heavy atom. The summed E-state index contributed by atoms with van der Waals surface area (Å²) in [5, 5.41) is 8.94. The number of esters is 1. The number of aliphatic carboxylic acids is 1. The van der Waals surface area contributed by atoms with Gasteiger partial charge in [-0.25, -0.2) is 0 Å². The molecule has 6 nitrogen and oxygen atoms in total. The van der Waals surface area contributed by atoms with E-state index in [9.17, 15) is 9.59 Å². The summed E-state index contributed by atoms with van der Waals surface area (Å²) >= 11 is 0. The molecule has 0 saturated carbocycles. The first-order chi connectivity index (χ1) is 12.8. The highest BCUT2D eigenvalue weighted by Crippen LogP contribution is 2.23. The van der Waals surface area contributed by atoms with Gasteiger partial charge in [-0.2, -0.15) is 0 Å². The molecule has 0 aliphatic rings. The molecule has 0 saturated heterocycles. The predicted octanol–water partition coefficient (Wildman–Crippen LogP) is 3.42. The third-order valence-electron chi connectivity index (χ3n) is 4.13. The minimum Gasteiger partial charge on any atom is -0.480 e. The van der Waals surface area contributed by atoms with Gasteiger partial charge in [-0.05, 0) is 44.4 Å². The van der Waals surface area contributed by atoms with Crippen molar-refractivity contribution in [1.82, 2.24) is 0 Å². The highest BCUT2D eigenvalue weighted by atomic mass is 28.3. The van der Waals surface area contributed by atoms with Crippen LogP contribution in [0.1, 0.15) is 37.8 Å². The van der Waals surface area contributed by atoms with Gasteiger partial charge in [-0.15, -0.1) is 0 Å². The number of benzene rings is 1. The van der Waals surface area contributed by atoms with Crippen molar-refractivity contribution < 1.29 is 24.2 Å². The van der Waals surface area contributed by atoms with Crippen LogP contribution in [-0.2, 0) is 25.5 Å². The lowest BCUT2D eigenvalue weighted by Gasteiger charge is -2.25. The second-order valence-electron chi connectivity index (χ2n) is 9.36. The lowest BCUT2D eigenvalue weighted by molar-refractivity contribution is -0.158. The highest BCUT2D eigenvalue weighted by molar-refractivity contribution is 6.76. The molecule has 2 atom stereocenters. The van der Waals surface area contributed by atoms with E-state index >= 15 is 0 Å². The molecular weight excluding hydrogens is 374 g/mol. The minimum absolute atomic E-state index is 0.236. The Morgan fingerprint density at radius 1 is 1.14 bits per heavy atom. The Hall–Kier alpha value is -1.70. The van der Waals surface area contributed by atoms with Gasteiger partial charge in [0.2, 0.25) is 0 Å². The minimum atomic E-state index is -1.21. The van der Waals surface area contributed by atoms with E-state index in [2.05, 4.69) is 19.6 Å². The van der Waals surface area contributed by atoms with Gasteiger partial charge >= 0.3 is 11.9 Å². The van der Waals surface area contributed by atoms with Crippen molar-refractivity contribution in [3.63, 3.8) is 0 Å². The number of nitrogens with two attached hydrogens (primary N) is 1. The fraction of sp³-hybridized carbons (Fsp3) is 0.619. The maximum Gasteiger partial charge on any atom is 0.320 e. The molecule has 0 aromatic heterocycles. The van der Waals surface area contributed by atoms with Gasteiger partial charge in [0.1, 0.15) is 17.6 Å². The summed E-state index contributed by atoms with van der Waals surface area (Å²) in [6.07, 6.45) is 0.236. The van der Waals surface area contributed by atoms with E-state index in [0.29, 0.717) is 6.61 Å². The number of rotatable bonds is 10. The summed E-state index contributed by atoms with van der Waals surface area (Å²) in [6, 6.07) is 7.33. The normalized spacial score (nSPS) is 14.4. The topological polar surface area (TPSA) is 98.9 Å². The zero-order valence-corrected chi connectivity index (χ0v) is 19.0. The molecule has 0 amide bonds. The van der Waals surface area contributed by atoms with Crippen LogP contribution in [0.15, 0.2) is 24.3 Å². The lowest BCUT2D eigenvalue weighted by atomic mass is 9.96. The van der Waals surface area contributed by atoms with E-state index in [-0.39, 0.29) is 19.0 Å². The van der Waals surface area contributed by atoms with Gasteiger partial charge in [0.15, 0.2) is 0 Å². The first-order valence-electron chi connectivity index (χ1n) is 9.66. The molecule has 0 spiro atoms. The second-order valence-corrected chi connectivity index (χ2v) is 15.0. The van der Waals surface area contributed by atoms with E-state index < -0.39 is 31.6 Å². The maximum atomic E-state index is 12.7. The maximum absolute atomic E-state index is 12.7. The number of hydrogen-bond donors (Lipinski definition) is 2. The molecule has 0 aliphatic carbocycles. The van der Waals surface area contributed by atoms with Gasteiger partial charge in [0.05, 0.1) is 6.61 Å². The van der Waals surface area contributed by atoms with Crippen LogP contribution in [0.2, 0.25) is 25.7 Å². The molecule has 28 heavy (non-hydrogen) atoms. The molecule has 158 valence electrons. The number of carboxylic acids is 1. The highest BCUT2D eigenvalue weighted by Gasteiger charge is 2.27. The summed E-state index contributed by atoms with van der Waals surface area (Å²) in [7, 11) is -1.21. The molecule has 0 bridgehead atoms. The van der Waals surface area contributed by atoms with Crippen LogP contribution in [0, 0.1) is 0 Å². The van der Waals surface area contributed by atoms with Crippen LogP contribution in [0.5, 0.6) is 0 Å². The molecule has 1 unspecified atom stereocenters. The van der Waals surface area contributed by atoms with Crippen molar-refractivity contribution in [3.05, 3.63) is 35.4 Å². The fourth-order valence-corrected chi connectivity index (χ4v) is 3.24. The summed E-state index contributed by atoms with van der Waals surface area (Å²) in [4.78, 5) is 23.6. The molecule has 0 fully saturated rings. The summed E-state index contributed by atoms with van der Waals surface area (Å²) in [5.41, 5.74) is 6.60. The van der Waals surface area contributed by atoms with Gasteiger partial charge in [-0.3, -0.25) is 9.59 Å². The van der Waals surface area contributed by atoms with Crippen molar-refractivity contribution in [1.29, 1.82) is 0 Å². The van der Waals surface area contributed by atoms with Crippen molar-refractivity contribution in [2.24, 2.45) is 5.73 Å². The van der Waals surface area contributed by atoms with Crippen molar-refractivity contribution in [2.75, 3.05) is 13.2 Å². The zero-order chi connectivity index (χ0) is 21.5. The van der Waals surface area contributed by atoms with Crippen LogP contribution < -0.4 is 5.73 Å². The number of hydrogen-bond acceptors (Lipinski definition) is 5. The second kappa shape index (κ2) is 10.2. The van der Waals surface area contributed by atoms with Crippen LogP contribution in [0.25, 0.3) is 0 Å². The van der Waals surface area contributed by atoms with Gasteiger partial charge in [0, 0.05) is 14.7 Å². The number of carbonyl (C=O) groups is 2. The zero-order valence-electron chi connectivity index (χ0n) is 18.0. The average Bonchev–Trinajstić information content (AvgIpc) is 2.53. The molecule has 0 radical (unpaired) electrons. The van der Waals surface area contributed by atoms with Crippen molar-refractivity contribution in [3.8, 4) is 0 Å². The van der Waals surface area contributed by atoms with E-state index in [1.165, 1.54) is 0 Å². The number of carboxylic acid groups (broad SMARTS) is 1. The SMILES string of the molecule is CC(C)(C)OC(=O)C(COCC[Si](C)(C)C)c1ccc(C[C@H](N)C(=O)O)cc1. The van der Waals surface area contributed by atoms with E-state index in [1.807, 2.05) is 32.9 Å². The molecule has 0 heterocycles. The summed E-state index contributed by atoms with van der Waals surface area (Å²) in [6.45, 7) is 13.2. The quantitative estimate of drug-likeness (QED) is 0.349. The number of carbonyl (C=O) groups excluding carboxylic acids is 1.